The van der Waals surface area contributed by atoms with Crippen molar-refractivity contribution in [2.75, 3.05) is 13.4 Å². The SMILES string of the molecule is CC(C)C(C)(C)[Si](C)(C)OCCCc1cc2c(cc1Br)OCO2. The van der Waals surface area contributed by atoms with Crippen molar-refractivity contribution < 1.29 is 13.9 Å². The summed E-state index contributed by atoms with van der Waals surface area (Å²) in [5.41, 5.74) is 1.25. The Kier molecular flexibility index (Phi) is 5.85. The molecule has 0 spiro atoms. The molecule has 0 fully saturated rings. The molecule has 0 bridgehead atoms. The summed E-state index contributed by atoms with van der Waals surface area (Å²) in [5, 5.41) is 0.270. The summed E-state index contributed by atoms with van der Waals surface area (Å²) in [6.45, 7) is 15.1. The predicted molar refractivity (Wildman–Crippen MR) is 101 cm³/mol. The van der Waals surface area contributed by atoms with Crippen LogP contribution in [-0.2, 0) is 10.8 Å². The summed E-state index contributed by atoms with van der Waals surface area (Å²) in [4.78, 5) is 0. The molecule has 0 atom stereocenters. The Morgan fingerprint density at radius 2 is 1.83 bits per heavy atom. The van der Waals surface area contributed by atoms with Crippen molar-refractivity contribution in [3.63, 3.8) is 0 Å². The van der Waals surface area contributed by atoms with E-state index in [1.165, 1.54) is 5.56 Å². The standard InChI is InChI=1S/C18H29BrO3Si/c1-13(2)18(3,4)23(5,6)22-9-7-8-14-10-16-17(11-15(14)19)21-12-20-16/h10-11,13H,7-9,12H2,1-6H3. The molecule has 0 saturated carbocycles. The maximum atomic E-state index is 6.38. The molecule has 130 valence electrons. The van der Waals surface area contributed by atoms with Gasteiger partial charge in [-0.3, -0.25) is 0 Å². The zero-order valence-electron chi connectivity index (χ0n) is 15.2. The molecule has 0 unspecified atom stereocenters. The number of rotatable bonds is 7. The second-order valence-electron chi connectivity index (χ2n) is 7.64. The molecule has 2 rings (SSSR count). The van der Waals surface area contributed by atoms with Gasteiger partial charge in [-0.1, -0.05) is 43.6 Å². The highest BCUT2D eigenvalue weighted by Gasteiger charge is 2.42. The van der Waals surface area contributed by atoms with Crippen molar-refractivity contribution in [1.29, 1.82) is 0 Å². The maximum absolute atomic E-state index is 6.38. The van der Waals surface area contributed by atoms with Gasteiger partial charge >= 0.3 is 0 Å². The third kappa shape index (κ3) is 4.12. The lowest BCUT2D eigenvalue weighted by atomic mass is 9.99. The molecule has 0 amide bonds. The van der Waals surface area contributed by atoms with Gasteiger partial charge in [-0.15, -0.1) is 0 Å². The van der Waals surface area contributed by atoms with Crippen molar-refractivity contribution in [3.05, 3.63) is 22.2 Å². The van der Waals surface area contributed by atoms with Gasteiger partial charge < -0.3 is 13.9 Å². The Bertz CT molecular complexity index is 555. The molecule has 0 saturated heterocycles. The Labute approximate surface area is 150 Å². The van der Waals surface area contributed by atoms with E-state index in [1.54, 1.807) is 0 Å². The fraction of sp³-hybridized carbons (Fsp3) is 0.667. The Morgan fingerprint density at radius 3 is 2.43 bits per heavy atom. The van der Waals surface area contributed by atoms with E-state index in [0.29, 0.717) is 12.7 Å². The van der Waals surface area contributed by atoms with E-state index in [1.807, 2.05) is 6.07 Å². The number of hydrogen-bond acceptors (Lipinski definition) is 3. The highest BCUT2D eigenvalue weighted by molar-refractivity contribution is 9.10. The number of aryl methyl sites for hydroxylation is 1. The summed E-state index contributed by atoms with van der Waals surface area (Å²) in [7, 11) is -1.72. The molecule has 1 aliphatic rings. The van der Waals surface area contributed by atoms with Crippen molar-refractivity contribution in [2.45, 2.75) is 58.7 Å². The van der Waals surface area contributed by atoms with Gasteiger partial charge in [0.25, 0.3) is 0 Å². The molecule has 1 aromatic carbocycles. The van der Waals surface area contributed by atoms with E-state index >= 15 is 0 Å². The number of ether oxygens (including phenoxy) is 2. The van der Waals surface area contributed by atoms with Crippen LogP contribution in [0.4, 0.5) is 0 Å². The van der Waals surface area contributed by atoms with Gasteiger partial charge in [-0.25, -0.2) is 0 Å². The van der Waals surface area contributed by atoms with Crippen molar-refractivity contribution in [1.82, 2.24) is 0 Å². The van der Waals surface area contributed by atoms with Gasteiger partial charge in [-0.05, 0) is 54.6 Å². The van der Waals surface area contributed by atoms with Gasteiger partial charge in [0.2, 0.25) is 6.79 Å². The van der Waals surface area contributed by atoms with Gasteiger partial charge in [0.15, 0.2) is 19.8 Å². The number of fused-ring (bicyclic) bond motifs is 1. The van der Waals surface area contributed by atoms with Crippen LogP contribution < -0.4 is 9.47 Å². The van der Waals surface area contributed by atoms with Crippen molar-refractivity contribution >= 4 is 24.2 Å². The fourth-order valence-electron chi connectivity index (χ4n) is 2.62. The monoisotopic (exact) mass is 400 g/mol. The second kappa shape index (κ2) is 7.15. The van der Waals surface area contributed by atoms with Crippen LogP contribution in [0.3, 0.4) is 0 Å². The summed E-state index contributed by atoms with van der Waals surface area (Å²) in [5.74, 6) is 2.30. The summed E-state index contributed by atoms with van der Waals surface area (Å²) in [6, 6.07) is 4.08. The van der Waals surface area contributed by atoms with E-state index in [9.17, 15) is 0 Å². The molecule has 1 aliphatic heterocycles. The van der Waals surface area contributed by atoms with Crippen LogP contribution in [0.5, 0.6) is 11.5 Å². The van der Waals surface area contributed by atoms with Crippen LogP contribution >= 0.6 is 15.9 Å². The third-order valence-corrected chi connectivity index (χ3v) is 10.9. The minimum Gasteiger partial charge on any atom is -0.454 e. The zero-order valence-corrected chi connectivity index (χ0v) is 17.7. The zero-order chi connectivity index (χ0) is 17.3. The molecule has 23 heavy (non-hydrogen) atoms. The number of hydrogen-bond donors (Lipinski definition) is 0. The Morgan fingerprint density at radius 1 is 1.22 bits per heavy atom. The Hall–Kier alpha value is -0.523. The Balaban J connectivity index is 1.89. The van der Waals surface area contributed by atoms with Crippen LogP contribution in [0.25, 0.3) is 0 Å². The molecule has 1 heterocycles. The molecule has 0 N–H and O–H groups in total. The number of benzene rings is 1. The molecule has 3 nitrogen and oxygen atoms in total. The lowest BCUT2D eigenvalue weighted by Crippen LogP contribution is -2.45. The second-order valence-corrected chi connectivity index (χ2v) is 13.1. The highest BCUT2D eigenvalue weighted by atomic mass is 79.9. The quantitative estimate of drug-likeness (QED) is 0.429. The van der Waals surface area contributed by atoms with E-state index < -0.39 is 8.32 Å². The number of halogens is 1. The van der Waals surface area contributed by atoms with E-state index in [0.717, 1.165) is 35.4 Å². The average molecular weight is 401 g/mol. The van der Waals surface area contributed by atoms with Gasteiger partial charge in [0, 0.05) is 11.1 Å². The first-order valence-corrected chi connectivity index (χ1v) is 12.1. The molecule has 0 radical (unpaired) electrons. The van der Waals surface area contributed by atoms with Crippen LogP contribution in [-0.4, -0.2) is 21.7 Å². The molecule has 0 aromatic heterocycles. The van der Waals surface area contributed by atoms with E-state index in [4.69, 9.17) is 13.9 Å². The molecule has 5 heteroatoms. The summed E-state index contributed by atoms with van der Waals surface area (Å²) >= 11 is 3.62. The van der Waals surface area contributed by atoms with E-state index in [-0.39, 0.29) is 5.04 Å². The smallest absolute Gasteiger partial charge is 0.231 e. The molecule has 1 aromatic rings. The topological polar surface area (TPSA) is 27.7 Å². The molecular formula is C18H29BrO3Si. The van der Waals surface area contributed by atoms with Crippen LogP contribution in [0, 0.1) is 5.92 Å². The molecule has 0 aliphatic carbocycles. The van der Waals surface area contributed by atoms with Gasteiger partial charge in [0.1, 0.15) is 0 Å². The minimum absolute atomic E-state index is 0.270. The predicted octanol–water partition coefficient (Wildman–Crippen LogP) is 5.77. The third-order valence-electron chi connectivity index (χ3n) is 5.59. The van der Waals surface area contributed by atoms with Crippen LogP contribution in [0.2, 0.25) is 18.1 Å². The fourth-order valence-corrected chi connectivity index (χ4v) is 5.56. The van der Waals surface area contributed by atoms with Crippen LogP contribution in [0.1, 0.15) is 39.7 Å². The van der Waals surface area contributed by atoms with E-state index in [2.05, 4.69) is 62.8 Å². The largest absolute Gasteiger partial charge is 0.454 e. The summed E-state index contributed by atoms with van der Waals surface area (Å²) < 4.78 is 18.3. The molecular weight excluding hydrogens is 372 g/mol. The van der Waals surface area contributed by atoms with Crippen molar-refractivity contribution in [3.8, 4) is 11.5 Å². The van der Waals surface area contributed by atoms with Gasteiger partial charge in [-0.2, -0.15) is 0 Å². The lowest BCUT2D eigenvalue weighted by molar-refractivity contribution is 0.174. The first-order valence-electron chi connectivity index (χ1n) is 8.37. The first-order chi connectivity index (χ1) is 10.6. The highest BCUT2D eigenvalue weighted by Crippen LogP contribution is 2.44. The normalized spacial score (nSPS) is 14.6. The lowest BCUT2D eigenvalue weighted by Gasteiger charge is -2.42. The summed E-state index contributed by atoms with van der Waals surface area (Å²) in [6.07, 6.45) is 1.99. The minimum atomic E-state index is -1.72. The van der Waals surface area contributed by atoms with Crippen molar-refractivity contribution in [2.24, 2.45) is 5.92 Å². The maximum Gasteiger partial charge on any atom is 0.231 e. The average Bonchev–Trinajstić information content (AvgIpc) is 2.90. The van der Waals surface area contributed by atoms with Crippen LogP contribution in [0.15, 0.2) is 16.6 Å². The van der Waals surface area contributed by atoms with Gasteiger partial charge in [0.05, 0.1) is 0 Å². The first kappa shape index (κ1) is 18.8.